The number of likely N-dealkylation sites (tertiary alicyclic amines) is 1. The average molecular weight is 420 g/mol. The Morgan fingerprint density at radius 3 is 3.07 bits per heavy atom. The molecule has 1 amide bonds. The number of aromatic nitrogens is 3. The molecule has 3 aromatic heterocycles. The second-order valence-electron chi connectivity index (χ2n) is 7.35. The lowest BCUT2D eigenvalue weighted by molar-refractivity contribution is -0.125. The number of rotatable bonds is 4. The van der Waals surface area contributed by atoms with Crippen LogP contribution in [0.1, 0.15) is 18.0 Å². The molecule has 7 nitrogen and oxygen atoms in total. The highest BCUT2D eigenvalue weighted by Gasteiger charge is 2.30. The van der Waals surface area contributed by atoms with Gasteiger partial charge in [0.05, 0.1) is 11.8 Å². The smallest absolute Gasteiger partial charge is 0.245 e. The number of benzene rings is 1. The minimum absolute atomic E-state index is 0.0377. The number of hydrogen-bond donors (Lipinski definition) is 1. The summed E-state index contributed by atoms with van der Waals surface area (Å²) in [6.07, 6.45) is 3.72. The third kappa shape index (κ3) is 2.83. The van der Waals surface area contributed by atoms with Crippen molar-refractivity contribution in [1.82, 2.24) is 19.5 Å². The van der Waals surface area contributed by atoms with Gasteiger partial charge < -0.3 is 15.4 Å². The van der Waals surface area contributed by atoms with Crippen molar-refractivity contribution < 1.29 is 9.53 Å². The van der Waals surface area contributed by atoms with Crippen molar-refractivity contribution >= 4 is 38.7 Å². The number of hydrogen-bond acceptors (Lipinski definition) is 6. The van der Waals surface area contributed by atoms with Crippen molar-refractivity contribution in [1.29, 1.82) is 0 Å². The number of ether oxygens (including phenoxy) is 1. The molecule has 152 valence electrons. The van der Waals surface area contributed by atoms with Crippen LogP contribution >= 0.6 is 11.3 Å². The van der Waals surface area contributed by atoms with Gasteiger partial charge in [0.15, 0.2) is 5.82 Å². The van der Waals surface area contributed by atoms with E-state index in [9.17, 15) is 4.79 Å². The summed E-state index contributed by atoms with van der Waals surface area (Å²) >= 11 is 1.66. The predicted octanol–water partition coefficient (Wildman–Crippen LogP) is 3.70. The minimum Gasteiger partial charge on any atom is -0.495 e. The van der Waals surface area contributed by atoms with Crippen LogP contribution in [0.3, 0.4) is 0 Å². The lowest BCUT2D eigenvalue weighted by atomic mass is 10.0. The van der Waals surface area contributed by atoms with Crippen molar-refractivity contribution in [2.75, 3.05) is 25.9 Å². The van der Waals surface area contributed by atoms with Gasteiger partial charge in [-0.05, 0) is 36.1 Å². The lowest BCUT2D eigenvalue weighted by Crippen LogP contribution is -2.26. The molecule has 0 saturated carbocycles. The van der Waals surface area contributed by atoms with Gasteiger partial charge in [0.25, 0.3) is 0 Å². The Bertz CT molecular complexity index is 1290. The molecule has 0 aliphatic carbocycles. The van der Waals surface area contributed by atoms with Crippen molar-refractivity contribution in [2.45, 2.75) is 12.3 Å². The average Bonchev–Trinajstić information content (AvgIpc) is 3.48. The third-order valence-corrected chi connectivity index (χ3v) is 6.90. The molecule has 30 heavy (non-hydrogen) atoms. The summed E-state index contributed by atoms with van der Waals surface area (Å²) in [5, 5.41) is 5.61. The first-order chi connectivity index (χ1) is 14.6. The SMILES string of the molecule is C=CC(=O)N1CCC(c2cc(-c3cc4cccc(OC)c4s3)c3c(N)ncnn23)C1. The maximum absolute atomic E-state index is 12.0. The predicted molar refractivity (Wildman–Crippen MR) is 119 cm³/mol. The fourth-order valence-electron chi connectivity index (χ4n) is 4.23. The number of anilines is 1. The number of nitrogens with two attached hydrogens (primary N) is 1. The second-order valence-corrected chi connectivity index (χ2v) is 8.40. The number of fused-ring (bicyclic) bond motifs is 2. The molecule has 1 aliphatic heterocycles. The van der Waals surface area contributed by atoms with Crippen molar-refractivity contribution in [3.05, 3.63) is 55.0 Å². The third-order valence-electron chi connectivity index (χ3n) is 5.70. The highest BCUT2D eigenvalue weighted by molar-refractivity contribution is 7.22. The monoisotopic (exact) mass is 419 g/mol. The van der Waals surface area contributed by atoms with Gasteiger partial charge in [-0.1, -0.05) is 18.7 Å². The molecule has 4 heterocycles. The van der Waals surface area contributed by atoms with Crippen molar-refractivity contribution in [3.63, 3.8) is 0 Å². The number of thiophene rings is 1. The van der Waals surface area contributed by atoms with Crippen molar-refractivity contribution in [2.24, 2.45) is 0 Å². The quantitative estimate of drug-likeness (QED) is 0.510. The Balaban J connectivity index is 1.65. The standard InChI is InChI=1S/C22H21N5O2S/c1-3-19(28)26-8-7-14(11-26)16-10-15(20-22(23)24-12-25-27(16)20)18-9-13-5-4-6-17(29-2)21(13)30-18/h3-6,9-10,12,14H,1,7-8,11H2,2H3,(H2,23,24,25). The Hall–Kier alpha value is -3.39. The van der Waals surface area contributed by atoms with Crippen LogP contribution in [0.25, 0.3) is 26.0 Å². The molecule has 1 atom stereocenters. The summed E-state index contributed by atoms with van der Waals surface area (Å²) in [7, 11) is 1.68. The van der Waals surface area contributed by atoms with E-state index in [-0.39, 0.29) is 11.8 Å². The largest absolute Gasteiger partial charge is 0.495 e. The van der Waals surface area contributed by atoms with Crippen LogP contribution in [0, 0.1) is 0 Å². The van der Waals surface area contributed by atoms with E-state index in [1.54, 1.807) is 18.4 Å². The summed E-state index contributed by atoms with van der Waals surface area (Å²) in [5.74, 6) is 1.43. The highest BCUT2D eigenvalue weighted by Crippen LogP contribution is 2.43. The first-order valence-corrected chi connectivity index (χ1v) is 10.5. The second kappa shape index (κ2) is 7.14. The zero-order valence-corrected chi connectivity index (χ0v) is 17.4. The van der Waals surface area contributed by atoms with E-state index in [2.05, 4.69) is 34.9 Å². The van der Waals surface area contributed by atoms with Gasteiger partial charge in [-0.25, -0.2) is 9.50 Å². The maximum atomic E-state index is 12.0. The Labute approximate surface area is 177 Å². The van der Waals surface area contributed by atoms with E-state index in [0.717, 1.165) is 43.9 Å². The fourth-order valence-corrected chi connectivity index (χ4v) is 5.40. The van der Waals surface area contributed by atoms with E-state index in [1.165, 1.54) is 12.4 Å². The minimum atomic E-state index is -0.0377. The number of amides is 1. The fraction of sp³-hybridized carbons (Fsp3) is 0.227. The zero-order valence-electron chi connectivity index (χ0n) is 16.5. The molecule has 1 saturated heterocycles. The van der Waals surface area contributed by atoms with E-state index in [4.69, 9.17) is 10.5 Å². The highest BCUT2D eigenvalue weighted by atomic mass is 32.1. The molecular weight excluding hydrogens is 398 g/mol. The Morgan fingerprint density at radius 1 is 1.40 bits per heavy atom. The molecule has 0 radical (unpaired) electrons. The van der Waals surface area contributed by atoms with Gasteiger partial charge in [0, 0.05) is 35.1 Å². The summed E-state index contributed by atoms with van der Waals surface area (Å²) in [6.45, 7) is 4.95. The van der Waals surface area contributed by atoms with E-state index in [1.807, 2.05) is 21.5 Å². The lowest BCUT2D eigenvalue weighted by Gasteiger charge is -2.14. The topological polar surface area (TPSA) is 85.8 Å². The molecule has 1 unspecified atom stereocenters. The summed E-state index contributed by atoms with van der Waals surface area (Å²) in [4.78, 5) is 19.2. The van der Waals surface area contributed by atoms with Crippen LogP contribution in [0.2, 0.25) is 0 Å². The first-order valence-electron chi connectivity index (χ1n) is 9.71. The number of carbonyl (C=O) groups excluding carboxylic acids is 1. The summed E-state index contributed by atoms with van der Waals surface area (Å²) < 4.78 is 8.50. The molecule has 1 aliphatic rings. The number of nitrogen functional groups attached to an aromatic ring is 1. The van der Waals surface area contributed by atoms with Crippen LogP contribution < -0.4 is 10.5 Å². The van der Waals surface area contributed by atoms with Crippen LogP contribution in [0.5, 0.6) is 5.75 Å². The Morgan fingerprint density at radius 2 is 2.27 bits per heavy atom. The molecule has 0 bridgehead atoms. The zero-order chi connectivity index (χ0) is 20.8. The molecular formula is C22H21N5O2S. The molecule has 5 rings (SSSR count). The molecule has 8 heteroatoms. The normalized spacial score (nSPS) is 16.4. The molecule has 0 spiro atoms. The van der Waals surface area contributed by atoms with E-state index in [0.29, 0.717) is 18.9 Å². The number of methoxy groups -OCH3 is 1. The first kappa shape index (κ1) is 18.6. The molecule has 2 N–H and O–H groups in total. The number of carbonyl (C=O) groups is 1. The van der Waals surface area contributed by atoms with Gasteiger partial charge in [0.2, 0.25) is 5.91 Å². The van der Waals surface area contributed by atoms with Crippen LogP contribution in [0.15, 0.2) is 49.3 Å². The Kier molecular flexibility index (Phi) is 4.43. The maximum Gasteiger partial charge on any atom is 0.245 e. The summed E-state index contributed by atoms with van der Waals surface area (Å²) in [5.41, 5.74) is 9.12. The van der Waals surface area contributed by atoms with Gasteiger partial charge in [-0.2, -0.15) is 5.10 Å². The van der Waals surface area contributed by atoms with Crippen LogP contribution in [0.4, 0.5) is 5.82 Å². The van der Waals surface area contributed by atoms with E-state index < -0.39 is 0 Å². The number of nitrogens with zero attached hydrogens (tertiary/aromatic N) is 4. The van der Waals surface area contributed by atoms with E-state index >= 15 is 0 Å². The van der Waals surface area contributed by atoms with Gasteiger partial charge in [0.1, 0.15) is 17.6 Å². The van der Waals surface area contributed by atoms with Gasteiger partial charge in [-0.15, -0.1) is 11.3 Å². The summed E-state index contributed by atoms with van der Waals surface area (Å²) in [6, 6.07) is 10.3. The molecule has 1 aromatic carbocycles. The van der Waals surface area contributed by atoms with Gasteiger partial charge in [-0.3, -0.25) is 4.79 Å². The van der Waals surface area contributed by atoms with Gasteiger partial charge >= 0.3 is 0 Å². The molecule has 4 aromatic rings. The molecule has 1 fully saturated rings. The van der Waals surface area contributed by atoms with Crippen molar-refractivity contribution in [3.8, 4) is 16.2 Å². The van der Waals surface area contributed by atoms with Crippen LogP contribution in [-0.2, 0) is 4.79 Å². The van der Waals surface area contributed by atoms with Crippen LogP contribution in [-0.4, -0.2) is 45.6 Å².